The quantitative estimate of drug-likeness (QED) is 0.528. The van der Waals surface area contributed by atoms with Crippen LogP contribution in [0.5, 0.6) is 0 Å². The molecule has 0 saturated heterocycles. The summed E-state index contributed by atoms with van der Waals surface area (Å²) in [4.78, 5) is 16.2. The second-order valence-electron chi connectivity index (χ2n) is 4.22. The highest BCUT2D eigenvalue weighted by Gasteiger charge is 2.09. The molecule has 21 heavy (non-hydrogen) atoms. The van der Waals surface area contributed by atoms with Gasteiger partial charge in [0, 0.05) is 6.54 Å². The molecule has 0 aliphatic heterocycles. The van der Waals surface area contributed by atoms with Gasteiger partial charge in [-0.2, -0.15) is 5.26 Å². The Balaban J connectivity index is 2.07. The second kappa shape index (κ2) is 7.36. The lowest BCUT2D eigenvalue weighted by Gasteiger charge is -2.04. The molecule has 0 aliphatic carbocycles. The Bertz CT molecular complexity index is 705. The van der Waals surface area contributed by atoms with Crippen LogP contribution in [0, 0.1) is 11.3 Å². The molecule has 1 aromatic heterocycles. The summed E-state index contributed by atoms with van der Waals surface area (Å²) >= 11 is 3.25. The fraction of sp³-hybridized carbons (Fsp3) is 0.0625. The van der Waals surface area contributed by atoms with E-state index in [0.29, 0.717) is 16.8 Å². The normalized spacial score (nSPS) is 10.8. The third-order valence-electron chi connectivity index (χ3n) is 2.69. The standard InChI is InChI=1S/C16H12BrN3O/c17-15-8-4-7-14(20-15)9-13(10-18)16(21)19-11-12-5-2-1-3-6-12/h1-9H,11H2,(H,19,21)/b13-9+. The highest BCUT2D eigenvalue weighted by Crippen LogP contribution is 2.10. The number of hydrogen-bond acceptors (Lipinski definition) is 3. The number of nitrogens with zero attached hydrogens (tertiary/aromatic N) is 2. The van der Waals surface area contributed by atoms with Crippen LogP contribution < -0.4 is 5.32 Å². The number of halogens is 1. The van der Waals surface area contributed by atoms with Crippen LogP contribution >= 0.6 is 15.9 Å². The van der Waals surface area contributed by atoms with E-state index < -0.39 is 5.91 Å². The molecule has 4 nitrogen and oxygen atoms in total. The monoisotopic (exact) mass is 341 g/mol. The zero-order valence-corrected chi connectivity index (χ0v) is 12.7. The van der Waals surface area contributed by atoms with Gasteiger partial charge >= 0.3 is 0 Å². The first kappa shape index (κ1) is 14.9. The van der Waals surface area contributed by atoms with E-state index in [1.165, 1.54) is 6.08 Å². The number of nitrogens with one attached hydrogen (secondary N) is 1. The van der Waals surface area contributed by atoms with Gasteiger partial charge in [-0.1, -0.05) is 36.4 Å². The predicted octanol–water partition coefficient (Wildman–Crippen LogP) is 3.07. The molecule has 0 saturated carbocycles. The van der Waals surface area contributed by atoms with Gasteiger partial charge in [0.1, 0.15) is 16.2 Å². The first-order valence-corrected chi connectivity index (χ1v) is 7.05. The summed E-state index contributed by atoms with van der Waals surface area (Å²) in [5, 5.41) is 11.8. The lowest BCUT2D eigenvalue weighted by molar-refractivity contribution is -0.117. The van der Waals surface area contributed by atoms with Crippen LogP contribution in [-0.4, -0.2) is 10.9 Å². The van der Waals surface area contributed by atoms with Gasteiger partial charge in [-0.05, 0) is 39.7 Å². The first-order chi connectivity index (χ1) is 10.2. The van der Waals surface area contributed by atoms with Gasteiger partial charge in [0.15, 0.2) is 0 Å². The predicted molar refractivity (Wildman–Crippen MR) is 83.8 cm³/mol. The fourth-order valence-electron chi connectivity index (χ4n) is 1.67. The maximum absolute atomic E-state index is 12.0. The molecule has 104 valence electrons. The molecule has 1 N–H and O–H groups in total. The fourth-order valence-corrected chi connectivity index (χ4v) is 2.03. The first-order valence-electron chi connectivity index (χ1n) is 6.25. The Morgan fingerprint density at radius 2 is 2.00 bits per heavy atom. The summed E-state index contributed by atoms with van der Waals surface area (Å²) in [6.45, 7) is 0.380. The number of carbonyl (C=O) groups is 1. The van der Waals surface area contributed by atoms with E-state index >= 15 is 0 Å². The third-order valence-corrected chi connectivity index (χ3v) is 3.13. The Morgan fingerprint density at radius 3 is 2.67 bits per heavy atom. The Morgan fingerprint density at radius 1 is 1.24 bits per heavy atom. The SMILES string of the molecule is N#C/C(=C\c1cccc(Br)n1)C(=O)NCc1ccccc1. The molecular formula is C16H12BrN3O. The summed E-state index contributed by atoms with van der Waals surface area (Å²) in [6, 6.07) is 16.7. The maximum atomic E-state index is 12.0. The molecule has 5 heteroatoms. The minimum Gasteiger partial charge on any atom is -0.347 e. The summed E-state index contributed by atoms with van der Waals surface area (Å²) in [5.41, 5.74) is 1.55. The number of carbonyl (C=O) groups excluding carboxylic acids is 1. The molecule has 1 heterocycles. The molecule has 0 aliphatic rings. The van der Waals surface area contributed by atoms with E-state index in [1.807, 2.05) is 36.4 Å². The number of amides is 1. The van der Waals surface area contributed by atoms with E-state index in [4.69, 9.17) is 5.26 Å². The van der Waals surface area contributed by atoms with Crippen molar-refractivity contribution in [2.75, 3.05) is 0 Å². The third kappa shape index (κ3) is 4.55. The van der Waals surface area contributed by atoms with Crippen molar-refractivity contribution in [1.29, 1.82) is 5.26 Å². The van der Waals surface area contributed by atoms with E-state index in [-0.39, 0.29) is 5.57 Å². The highest BCUT2D eigenvalue weighted by molar-refractivity contribution is 9.10. The molecule has 2 aromatic rings. The molecule has 0 spiro atoms. The molecule has 0 unspecified atom stereocenters. The zero-order chi connectivity index (χ0) is 15.1. The Labute approximate surface area is 131 Å². The lowest BCUT2D eigenvalue weighted by atomic mass is 10.2. The highest BCUT2D eigenvalue weighted by atomic mass is 79.9. The van der Waals surface area contributed by atoms with Gasteiger partial charge in [-0.25, -0.2) is 4.98 Å². The summed E-state index contributed by atoms with van der Waals surface area (Å²) in [6.07, 6.45) is 1.46. The minimum absolute atomic E-state index is 0.0246. The smallest absolute Gasteiger partial charge is 0.262 e. The molecule has 2 rings (SSSR count). The van der Waals surface area contributed by atoms with Gasteiger partial charge in [-0.15, -0.1) is 0 Å². The number of benzene rings is 1. The van der Waals surface area contributed by atoms with Crippen LogP contribution in [0.15, 0.2) is 58.7 Å². The Hall–Kier alpha value is -2.45. The van der Waals surface area contributed by atoms with Crippen LogP contribution in [0.1, 0.15) is 11.3 Å². The Kier molecular flexibility index (Phi) is 5.24. The number of nitriles is 1. The number of pyridine rings is 1. The molecule has 1 amide bonds. The summed E-state index contributed by atoms with van der Waals surface area (Å²) < 4.78 is 0.651. The number of aromatic nitrogens is 1. The van der Waals surface area contributed by atoms with Crippen molar-refractivity contribution in [2.24, 2.45) is 0 Å². The van der Waals surface area contributed by atoms with Crippen molar-refractivity contribution in [1.82, 2.24) is 10.3 Å². The van der Waals surface area contributed by atoms with Crippen molar-refractivity contribution < 1.29 is 4.79 Å². The van der Waals surface area contributed by atoms with E-state index in [9.17, 15) is 4.79 Å². The van der Waals surface area contributed by atoms with Crippen molar-refractivity contribution in [2.45, 2.75) is 6.54 Å². The summed E-state index contributed by atoms with van der Waals surface area (Å²) in [7, 11) is 0. The van der Waals surface area contributed by atoms with E-state index in [1.54, 1.807) is 18.2 Å². The second-order valence-corrected chi connectivity index (χ2v) is 5.04. The van der Waals surface area contributed by atoms with Crippen molar-refractivity contribution in [3.8, 4) is 6.07 Å². The van der Waals surface area contributed by atoms with Crippen molar-refractivity contribution in [3.05, 3.63) is 70.0 Å². The zero-order valence-electron chi connectivity index (χ0n) is 11.1. The van der Waals surface area contributed by atoms with E-state index in [0.717, 1.165) is 5.56 Å². The average Bonchev–Trinajstić information content (AvgIpc) is 2.51. The largest absolute Gasteiger partial charge is 0.347 e. The van der Waals surface area contributed by atoms with Crippen molar-refractivity contribution in [3.63, 3.8) is 0 Å². The molecule has 0 bridgehead atoms. The van der Waals surface area contributed by atoms with Gasteiger partial charge in [-0.3, -0.25) is 4.79 Å². The molecular weight excluding hydrogens is 330 g/mol. The number of hydrogen-bond donors (Lipinski definition) is 1. The van der Waals surface area contributed by atoms with Crippen LogP contribution in [0.25, 0.3) is 6.08 Å². The van der Waals surface area contributed by atoms with Crippen LogP contribution in [-0.2, 0) is 11.3 Å². The topological polar surface area (TPSA) is 65.8 Å². The summed E-state index contributed by atoms with van der Waals surface area (Å²) in [5.74, 6) is -0.414. The molecule has 0 atom stereocenters. The molecule has 1 aromatic carbocycles. The molecule has 0 fully saturated rings. The number of rotatable bonds is 4. The van der Waals surface area contributed by atoms with E-state index in [2.05, 4.69) is 26.2 Å². The van der Waals surface area contributed by atoms with Crippen molar-refractivity contribution >= 4 is 27.9 Å². The van der Waals surface area contributed by atoms with Gasteiger partial charge < -0.3 is 5.32 Å². The van der Waals surface area contributed by atoms with Crippen LogP contribution in [0.4, 0.5) is 0 Å². The van der Waals surface area contributed by atoms with Crippen LogP contribution in [0.3, 0.4) is 0 Å². The van der Waals surface area contributed by atoms with Crippen LogP contribution in [0.2, 0.25) is 0 Å². The lowest BCUT2D eigenvalue weighted by Crippen LogP contribution is -2.23. The van der Waals surface area contributed by atoms with Gasteiger partial charge in [0.05, 0.1) is 5.69 Å². The van der Waals surface area contributed by atoms with Gasteiger partial charge in [0.25, 0.3) is 5.91 Å². The molecule has 0 radical (unpaired) electrons. The minimum atomic E-state index is -0.414. The average molecular weight is 342 g/mol. The van der Waals surface area contributed by atoms with Gasteiger partial charge in [0.2, 0.25) is 0 Å². The maximum Gasteiger partial charge on any atom is 0.262 e.